The van der Waals surface area contributed by atoms with E-state index < -0.39 is 0 Å². The Bertz CT molecular complexity index is 365. The van der Waals surface area contributed by atoms with Crippen LogP contribution in [0.5, 0.6) is 0 Å². The van der Waals surface area contributed by atoms with Crippen LogP contribution >= 0.6 is 12.4 Å². The molecule has 1 amide bonds. The predicted molar refractivity (Wildman–Crippen MR) is 78.0 cm³/mol. The number of rotatable bonds is 5. The minimum absolute atomic E-state index is 0. The molecule has 0 saturated carbocycles. The van der Waals surface area contributed by atoms with E-state index in [9.17, 15) is 4.79 Å². The summed E-state index contributed by atoms with van der Waals surface area (Å²) in [5.74, 6) is 0.612. The summed E-state index contributed by atoms with van der Waals surface area (Å²) in [6.45, 7) is 5.60. The predicted octanol–water partition coefficient (Wildman–Crippen LogP) is 2.69. The molecule has 0 radical (unpaired) electrons. The lowest BCUT2D eigenvalue weighted by molar-refractivity contribution is 0.0775. The van der Waals surface area contributed by atoms with Crippen LogP contribution in [-0.2, 0) is 6.54 Å². The molecular formula is C14H23ClN2O. The lowest BCUT2D eigenvalue weighted by Crippen LogP contribution is -2.30. The first-order valence-corrected chi connectivity index (χ1v) is 6.13. The fourth-order valence-corrected chi connectivity index (χ4v) is 1.68. The first kappa shape index (κ1) is 16.9. The molecule has 1 unspecified atom stereocenters. The van der Waals surface area contributed by atoms with Gasteiger partial charge < -0.3 is 10.6 Å². The van der Waals surface area contributed by atoms with Crippen molar-refractivity contribution in [2.45, 2.75) is 26.8 Å². The maximum absolute atomic E-state index is 12.1. The summed E-state index contributed by atoms with van der Waals surface area (Å²) in [5, 5.41) is 0. The maximum Gasteiger partial charge on any atom is 0.253 e. The van der Waals surface area contributed by atoms with E-state index >= 15 is 0 Å². The first-order chi connectivity index (χ1) is 8.08. The van der Waals surface area contributed by atoms with Gasteiger partial charge in [0.15, 0.2) is 0 Å². The monoisotopic (exact) mass is 270 g/mol. The van der Waals surface area contributed by atoms with E-state index in [4.69, 9.17) is 5.73 Å². The van der Waals surface area contributed by atoms with Gasteiger partial charge in [-0.1, -0.05) is 32.4 Å². The highest BCUT2D eigenvalue weighted by atomic mass is 35.5. The highest BCUT2D eigenvalue weighted by molar-refractivity contribution is 5.94. The Morgan fingerprint density at radius 1 is 1.33 bits per heavy atom. The molecule has 0 aliphatic heterocycles. The standard InChI is InChI=1S/C14H22N2O.ClH/c1-4-11(2)10-16(3)14(17)13-7-5-12(9-15)6-8-13;/h5-8,11H,4,9-10,15H2,1-3H3;1H. The van der Waals surface area contributed by atoms with Crippen LogP contribution in [0.2, 0.25) is 0 Å². The number of hydrogen-bond donors (Lipinski definition) is 1. The van der Waals surface area contributed by atoms with E-state index in [0.29, 0.717) is 12.5 Å². The zero-order valence-electron chi connectivity index (χ0n) is 11.3. The molecule has 1 rings (SSSR count). The molecule has 102 valence electrons. The molecule has 18 heavy (non-hydrogen) atoms. The molecule has 1 aromatic rings. The van der Waals surface area contributed by atoms with Gasteiger partial charge in [0.05, 0.1) is 0 Å². The third kappa shape index (κ3) is 4.67. The van der Waals surface area contributed by atoms with Crippen LogP contribution in [0.15, 0.2) is 24.3 Å². The van der Waals surface area contributed by atoms with Crippen molar-refractivity contribution in [3.63, 3.8) is 0 Å². The second-order valence-electron chi connectivity index (χ2n) is 4.60. The van der Waals surface area contributed by atoms with Crippen molar-refractivity contribution in [1.82, 2.24) is 4.90 Å². The zero-order valence-corrected chi connectivity index (χ0v) is 12.2. The van der Waals surface area contributed by atoms with Gasteiger partial charge in [0.2, 0.25) is 0 Å². The third-order valence-corrected chi connectivity index (χ3v) is 3.07. The summed E-state index contributed by atoms with van der Waals surface area (Å²) in [5.41, 5.74) is 7.30. The zero-order chi connectivity index (χ0) is 12.8. The molecule has 1 atom stereocenters. The van der Waals surface area contributed by atoms with Crippen molar-refractivity contribution in [3.8, 4) is 0 Å². The number of amides is 1. The van der Waals surface area contributed by atoms with Crippen molar-refractivity contribution >= 4 is 18.3 Å². The van der Waals surface area contributed by atoms with Crippen molar-refractivity contribution in [2.75, 3.05) is 13.6 Å². The van der Waals surface area contributed by atoms with Gasteiger partial charge in [-0.15, -0.1) is 12.4 Å². The largest absolute Gasteiger partial charge is 0.341 e. The van der Waals surface area contributed by atoms with E-state index in [1.165, 1.54) is 0 Å². The van der Waals surface area contributed by atoms with Crippen LogP contribution in [-0.4, -0.2) is 24.4 Å². The molecule has 0 saturated heterocycles. The summed E-state index contributed by atoms with van der Waals surface area (Å²) in [6.07, 6.45) is 1.09. The van der Waals surface area contributed by atoms with Crippen molar-refractivity contribution < 1.29 is 4.79 Å². The molecule has 4 heteroatoms. The van der Waals surface area contributed by atoms with Gasteiger partial charge in [0.1, 0.15) is 0 Å². The molecule has 3 nitrogen and oxygen atoms in total. The van der Waals surface area contributed by atoms with Gasteiger partial charge in [-0.3, -0.25) is 4.79 Å². The van der Waals surface area contributed by atoms with Crippen molar-refractivity contribution in [1.29, 1.82) is 0 Å². The fraction of sp³-hybridized carbons (Fsp3) is 0.500. The average Bonchev–Trinajstić information content (AvgIpc) is 2.37. The number of hydrogen-bond acceptors (Lipinski definition) is 2. The van der Waals surface area contributed by atoms with Crippen LogP contribution in [0.3, 0.4) is 0 Å². The number of benzene rings is 1. The lowest BCUT2D eigenvalue weighted by atomic mass is 10.1. The Hall–Kier alpha value is -1.06. The Balaban J connectivity index is 0.00000289. The van der Waals surface area contributed by atoms with Gasteiger partial charge in [-0.25, -0.2) is 0 Å². The molecule has 0 fully saturated rings. The molecule has 0 aromatic heterocycles. The molecule has 2 N–H and O–H groups in total. The molecule has 1 aromatic carbocycles. The molecular weight excluding hydrogens is 248 g/mol. The highest BCUT2D eigenvalue weighted by Crippen LogP contribution is 2.09. The molecule has 0 bridgehead atoms. The molecule has 0 spiro atoms. The number of nitrogens with zero attached hydrogens (tertiary/aromatic N) is 1. The summed E-state index contributed by atoms with van der Waals surface area (Å²) >= 11 is 0. The summed E-state index contributed by atoms with van der Waals surface area (Å²) < 4.78 is 0. The molecule has 0 aliphatic rings. The minimum atomic E-state index is 0. The van der Waals surface area contributed by atoms with Crippen LogP contribution in [0.4, 0.5) is 0 Å². The fourth-order valence-electron chi connectivity index (χ4n) is 1.68. The van der Waals surface area contributed by atoms with Gasteiger partial charge >= 0.3 is 0 Å². The van der Waals surface area contributed by atoms with Gasteiger partial charge in [-0.05, 0) is 23.6 Å². The van der Waals surface area contributed by atoms with E-state index in [-0.39, 0.29) is 18.3 Å². The second-order valence-corrected chi connectivity index (χ2v) is 4.60. The molecule has 0 aliphatic carbocycles. The van der Waals surface area contributed by atoms with Crippen LogP contribution < -0.4 is 5.73 Å². The Kier molecular flexibility index (Phi) is 7.64. The van der Waals surface area contributed by atoms with Crippen molar-refractivity contribution in [2.24, 2.45) is 11.7 Å². The van der Waals surface area contributed by atoms with E-state index in [1.54, 1.807) is 4.90 Å². The summed E-state index contributed by atoms with van der Waals surface area (Å²) in [4.78, 5) is 13.9. The number of halogens is 1. The minimum Gasteiger partial charge on any atom is -0.341 e. The second kappa shape index (κ2) is 8.11. The first-order valence-electron chi connectivity index (χ1n) is 6.13. The van der Waals surface area contributed by atoms with Gasteiger partial charge in [-0.2, -0.15) is 0 Å². The Morgan fingerprint density at radius 2 is 1.89 bits per heavy atom. The Morgan fingerprint density at radius 3 is 2.33 bits per heavy atom. The Labute approximate surface area is 116 Å². The van der Waals surface area contributed by atoms with E-state index in [0.717, 1.165) is 24.1 Å². The van der Waals surface area contributed by atoms with Gasteiger partial charge in [0.25, 0.3) is 5.91 Å². The molecule has 0 heterocycles. The van der Waals surface area contributed by atoms with Gasteiger partial charge in [0, 0.05) is 25.7 Å². The summed E-state index contributed by atoms with van der Waals surface area (Å²) in [7, 11) is 1.85. The topological polar surface area (TPSA) is 46.3 Å². The number of nitrogens with two attached hydrogens (primary N) is 1. The highest BCUT2D eigenvalue weighted by Gasteiger charge is 2.13. The smallest absolute Gasteiger partial charge is 0.253 e. The van der Waals surface area contributed by atoms with Crippen LogP contribution in [0, 0.1) is 5.92 Å². The van der Waals surface area contributed by atoms with Crippen molar-refractivity contribution in [3.05, 3.63) is 35.4 Å². The normalized spacial score (nSPS) is 11.6. The number of carbonyl (C=O) groups excluding carboxylic acids is 1. The average molecular weight is 271 g/mol. The number of carbonyl (C=O) groups is 1. The quantitative estimate of drug-likeness (QED) is 0.894. The van der Waals surface area contributed by atoms with Crippen LogP contribution in [0.25, 0.3) is 0 Å². The van der Waals surface area contributed by atoms with Crippen LogP contribution in [0.1, 0.15) is 36.2 Å². The SMILES string of the molecule is CCC(C)CN(C)C(=O)c1ccc(CN)cc1.Cl. The maximum atomic E-state index is 12.1. The third-order valence-electron chi connectivity index (χ3n) is 3.07. The summed E-state index contributed by atoms with van der Waals surface area (Å²) in [6, 6.07) is 7.50. The van der Waals surface area contributed by atoms with E-state index in [2.05, 4.69) is 13.8 Å². The van der Waals surface area contributed by atoms with E-state index in [1.807, 2.05) is 31.3 Å². The lowest BCUT2D eigenvalue weighted by Gasteiger charge is -2.20.